The molecule has 0 aromatic heterocycles. The average Bonchev–Trinajstić information content (AvgIpc) is 2.34. The van der Waals surface area contributed by atoms with E-state index in [1.165, 1.54) is 12.1 Å². The maximum atomic E-state index is 13.8. The molecule has 1 atom stereocenters. The van der Waals surface area contributed by atoms with Crippen molar-refractivity contribution in [3.63, 3.8) is 0 Å². The predicted molar refractivity (Wildman–Crippen MR) is 74.8 cm³/mol. The molecule has 5 heteroatoms. The Hall–Kier alpha value is -1.65. The third-order valence-corrected chi connectivity index (χ3v) is 3.14. The summed E-state index contributed by atoms with van der Waals surface area (Å²) in [7, 11) is 0. The molecular formula is C15H21F2NO2. The Morgan fingerprint density at radius 3 is 2.45 bits per heavy atom. The average molecular weight is 285 g/mol. The Morgan fingerprint density at radius 1 is 1.30 bits per heavy atom. The molecule has 0 heterocycles. The Labute approximate surface area is 118 Å². The zero-order valence-corrected chi connectivity index (χ0v) is 12.1. The molecule has 0 fully saturated rings. The van der Waals surface area contributed by atoms with Crippen LogP contribution in [-0.2, 0) is 4.79 Å². The molecule has 0 saturated heterocycles. The highest BCUT2D eigenvalue weighted by Crippen LogP contribution is 2.22. The summed E-state index contributed by atoms with van der Waals surface area (Å²) in [5.41, 5.74) is 0.250. The van der Waals surface area contributed by atoms with Crippen molar-refractivity contribution in [1.82, 2.24) is 0 Å². The maximum absolute atomic E-state index is 13.8. The summed E-state index contributed by atoms with van der Waals surface area (Å²) in [6.07, 6.45) is 0.809. The fourth-order valence-electron chi connectivity index (χ4n) is 1.87. The Balaban J connectivity index is 2.93. The van der Waals surface area contributed by atoms with Crippen LogP contribution in [0.4, 0.5) is 14.5 Å². The zero-order valence-electron chi connectivity index (χ0n) is 12.1. The largest absolute Gasteiger partial charge is 0.481 e. The smallest absolute Gasteiger partial charge is 0.308 e. The third-order valence-electron chi connectivity index (χ3n) is 3.14. The van der Waals surface area contributed by atoms with E-state index in [0.29, 0.717) is 12.5 Å². The van der Waals surface area contributed by atoms with Crippen LogP contribution in [0.15, 0.2) is 18.2 Å². The van der Waals surface area contributed by atoms with Gasteiger partial charge in [-0.1, -0.05) is 20.8 Å². The van der Waals surface area contributed by atoms with Crippen LogP contribution in [0.3, 0.4) is 0 Å². The lowest BCUT2D eigenvalue weighted by Crippen LogP contribution is -2.33. The van der Waals surface area contributed by atoms with Crippen molar-refractivity contribution >= 4 is 11.7 Å². The van der Waals surface area contributed by atoms with Gasteiger partial charge in [0, 0.05) is 19.2 Å². The Bertz CT molecular complexity index is 463. The van der Waals surface area contributed by atoms with Crippen LogP contribution in [0.25, 0.3) is 0 Å². The minimum Gasteiger partial charge on any atom is -0.481 e. The summed E-state index contributed by atoms with van der Waals surface area (Å²) < 4.78 is 26.8. The van der Waals surface area contributed by atoms with Gasteiger partial charge in [-0.2, -0.15) is 0 Å². The number of halogens is 2. The summed E-state index contributed by atoms with van der Waals surface area (Å²) in [6.45, 7) is 6.40. The van der Waals surface area contributed by atoms with E-state index in [4.69, 9.17) is 5.11 Å². The molecule has 0 spiro atoms. The van der Waals surface area contributed by atoms with Crippen molar-refractivity contribution in [2.45, 2.75) is 27.2 Å². The summed E-state index contributed by atoms with van der Waals surface area (Å²) in [5.74, 6) is -2.43. The lowest BCUT2D eigenvalue weighted by atomic mass is 10.1. The molecule has 0 aliphatic heterocycles. The zero-order chi connectivity index (χ0) is 15.3. The second kappa shape index (κ2) is 7.22. The minimum atomic E-state index is -0.929. The molecule has 0 bridgehead atoms. The summed E-state index contributed by atoms with van der Waals surface area (Å²) in [6, 6.07) is 3.37. The summed E-state index contributed by atoms with van der Waals surface area (Å²) in [4.78, 5) is 12.6. The van der Waals surface area contributed by atoms with Gasteiger partial charge in [-0.25, -0.2) is 8.78 Å². The number of carboxylic acids is 1. The molecule has 0 radical (unpaired) electrons. The first-order valence-electron chi connectivity index (χ1n) is 6.74. The van der Waals surface area contributed by atoms with Gasteiger partial charge in [-0.3, -0.25) is 4.79 Å². The normalized spacial score (nSPS) is 12.5. The van der Waals surface area contributed by atoms with Crippen LogP contribution in [0.2, 0.25) is 0 Å². The lowest BCUT2D eigenvalue weighted by Gasteiger charge is -2.27. The van der Waals surface area contributed by atoms with E-state index in [1.54, 1.807) is 11.8 Å². The molecule has 0 aliphatic rings. The van der Waals surface area contributed by atoms with Gasteiger partial charge in [0.25, 0.3) is 0 Å². The van der Waals surface area contributed by atoms with Gasteiger partial charge < -0.3 is 10.0 Å². The third kappa shape index (κ3) is 4.79. The first kappa shape index (κ1) is 16.4. The molecule has 1 N–H and O–H groups in total. The van der Waals surface area contributed by atoms with Crippen molar-refractivity contribution < 1.29 is 18.7 Å². The van der Waals surface area contributed by atoms with E-state index in [1.807, 2.05) is 13.8 Å². The van der Waals surface area contributed by atoms with Gasteiger partial charge in [0.2, 0.25) is 0 Å². The summed E-state index contributed by atoms with van der Waals surface area (Å²) in [5, 5.41) is 8.99. The molecule has 20 heavy (non-hydrogen) atoms. The van der Waals surface area contributed by atoms with Gasteiger partial charge in [0.05, 0.1) is 11.6 Å². The van der Waals surface area contributed by atoms with E-state index in [0.717, 1.165) is 12.5 Å². The predicted octanol–water partition coefficient (Wildman–Crippen LogP) is 3.54. The number of anilines is 1. The fourth-order valence-corrected chi connectivity index (χ4v) is 1.87. The fraction of sp³-hybridized carbons (Fsp3) is 0.533. The van der Waals surface area contributed by atoms with Gasteiger partial charge in [-0.15, -0.1) is 0 Å². The van der Waals surface area contributed by atoms with Crippen molar-refractivity contribution in [2.75, 3.05) is 18.0 Å². The van der Waals surface area contributed by atoms with E-state index in [9.17, 15) is 13.6 Å². The van der Waals surface area contributed by atoms with E-state index in [2.05, 4.69) is 0 Å². The SMILES string of the molecule is CC(C)CCN(CC(C)C(=O)O)c1ccc(F)cc1F. The van der Waals surface area contributed by atoms with Crippen LogP contribution in [0.1, 0.15) is 27.2 Å². The standard InChI is InChI=1S/C15H21F2NO2/c1-10(2)6-7-18(9-11(3)15(19)20)14-5-4-12(16)8-13(14)17/h4-5,8,10-11H,6-7,9H2,1-3H3,(H,19,20). The number of rotatable bonds is 7. The van der Waals surface area contributed by atoms with Crippen LogP contribution in [0.5, 0.6) is 0 Å². The van der Waals surface area contributed by atoms with E-state index < -0.39 is 23.5 Å². The van der Waals surface area contributed by atoms with Crippen LogP contribution >= 0.6 is 0 Å². The molecule has 0 saturated carbocycles. The van der Waals surface area contributed by atoms with Crippen molar-refractivity contribution in [3.05, 3.63) is 29.8 Å². The van der Waals surface area contributed by atoms with Gasteiger partial charge in [0.15, 0.2) is 0 Å². The number of nitrogens with zero attached hydrogens (tertiary/aromatic N) is 1. The minimum absolute atomic E-state index is 0.199. The molecule has 112 valence electrons. The highest BCUT2D eigenvalue weighted by atomic mass is 19.1. The number of hydrogen-bond acceptors (Lipinski definition) is 2. The number of carboxylic acid groups (broad SMARTS) is 1. The number of hydrogen-bond donors (Lipinski definition) is 1. The number of carbonyl (C=O) groups is 1. The highest BCUT2D eigenvalue weighted by Gasteiger charge is 2.19. The molecule has 0 aliphatic carbocycles. The molecule has 1 aromatic rings. The molecule has 1 rings (SSSR count). The Kier molecular flexibility index (Phi) is 5.92. The molecule has 1 unspecified atom stereocenters. The first-order chi connectivity index (χ1) is 9.31. The molecular weight excluding hydrogens is 264 g/mol. The highest BCUT2D eigenvalue weighted by molar-refractivity contribution is 5.70. The van der Waals surface area contributed by atoms with Crippen LogP contribution < -0.4 is 4.90 Å². The van der Waals surface area contributed by atoms with Gasteiger partial charge >= 0.3 is 5.97 Å². The molecule has 3 nitrogen and oxygen atoms in total. The second-order valence-electron chi connectivity index (χ2n) is 5.46. The summed E-state index contributed by atoms with van der Waals surface area (Å²) >= 11 is 0. The number of benzene rings is 1. The van der Waals surface area contributed by atoms with Crippen LogP contribution in [-0.4, -0.2) is 24.2 Å². The quantitative estimate of drug-likeness (QED) is 0.833. The van der Waals surface area contributed by atoms with Crippen molar-refractivity contribution in [3.8, 4) is 0 Å². The number of aliphatic carboxylic acids is 1. The van der Waals surface area contributed by atoms with Crippen LogP contribution in [0, 0.1) is 23.5 Å². The van der Waals surface area contributed by atoms with E-state index in [-0.39, 0.29) is 12.2 Å². The van der Waals surface area contributed by atoms with Gasteiger partial charge in [-0.05, 0) is 24.5 Å². The second-order valence-corrected chi connectivity index (χ2v) is 5.46. The van der Waals surface area contributed by atoms with Gasteiger partial charge in [0.1, 0.15) is 11.6 Å². The first-order valence-corrected chi connectivity index (χ1v) is 6.74. The lowest BCUT2D eigenvalue weighted by molar-refractivity contribution is -0.140. The molecule has 0 amide bonds. The monoisotopic (exact) mass is 285 g/mol. The maximum Gasteiger partial charge on any atom is 0.308 e. The topological polar surface area (TPSA) is 40.5 Å². The molecule has 1 aromatic carbocycles. The Morgan fingerprint density at radius 2 is 1.95 bits per heavy atom. The van der Waals surface area contributed by atoms with E-state index >= 15 is 0 Å². The van der Waals surface area contributed by atoms with Crippen molar-refractivity contribution in [1.29, 1.82) is 0 Å². The van der Waals surface area contributed by atoms with Crippen molar-refractivity contribution in [2.24, 2.45) is 11.8 Å².